The van der Waals surface area contributed by atoms with E-state index < -0.39 is 33.0 Å². The van der Waals surface area contributed by atoms with Crippen molar-refractivity contribution in [2.24, 2.45) is 0 Å². The Kier molecular flexibility index (Phi) is 69.3. The van der Waals surface area contributed by atoms with E-state index in [2.05, 4.69) is 104 Å². The van der Waals surface area contributed by atoms with Crippen molar-refractivity contribution < 1.29 is 34.3 Å². The first kappa shape index (κ1) is 101. The van der Waals surface area contributed by atoms with Crippen molar-refractivity contribution in [1.29, 1.82) is 0 Å². The number of aliphatic carboxylic acids is 3. The van der Waals surface area contributed by atoms with Crippen LogP contribution >= 0.6 is 38.8 Å². The van der Waals surface area contributed by atoms with Gasteiger partial charge in [0.1, 0.15) is 0 Å². The SMILES string of the molecule is C1CCC(P(C2CCCCC2)C2CCCCC2)CC1.CC(C)(C)P(C(C)(C)C)C(C)(C)C.CCCCCCCCP(=O)(CCCCCCCC)CCCCCCCC.CCCCCCCCP(CCCCCCCC)CCCCCCCC.O=C(O)CCP(CCC(=O)O)CCC(=O)O. The molecule has 3 saturated carbocycles. The molecule has 3 fully saturated rings. The third-order valence-corrected chi connectivity index (χ3v) is 38.1. The molecule has 0 unspecified atom stereocenters. The van der Waals surface area contributed by atoms with Gasteiger partial charge in [0.25, 0.3) is 0 Å². The van der Waals surface area contributed by atoms with E-state index in [4.69, 9.17) is 15.3 Å². The second-order valence-electron chi connectivity index (χ2n) is 34.1. The van der Waals surface area contributed by atoms with E-state index in [0.717, 1.165) is 18.5 Å². The summed E-state index contributed by atoms with van der Waals surface area (Å²) >= 11 is 0. The van der Waals surface area contributed by atoms with Crippen LogP contribution in [0.2, 0.25) is 0 Å². The minimum absolute atomic E-state index is 0.0162. The van der Waals surface area contributed by atoms with Gasteiger partial charge < -0.3 is 19.9 Å². The van der Waals surface area contributed by atoms with Crippen LogP contribution in [0.25, 0.3) is 0 Å². The van der Waals surface area contributed by atoms with E-state index in [-0.39, 0.29) is 27.2 Å². The van der Waals surface area contributed by atoms with Gasteiger partial charge in [0, 0.05) is 37.7 Å². The topological polar surface area (TPSA) is 129 Å². The summed E-state index contributed by atoms with van der Waals surface area (Å²) in [4.78, 5) is 31.1. The highest BCUT2D eigenvalue weighted by Crippen LogP contribution is 2.67. The van der Waals surface area contributed by atoms with Gasteiger partial charge in [-0.2, -0.15) is 0 Å². The van der Waals surface area contributed by atoms with Gasteiger partial charge in [0.05, 0.1) is 7.14 Å². The molecule has 592 valence electrons. The van der Waals surface area contributed by atoms with Crippen LogP contribution in [-0.4, -0.2) is 121 Å². The fourth-order valence-electron chi connectivity index (χ4n) is 16.7. The molecule has 0 saturated heterocycles. The number of carboxylic acids is 3. The molecule has 0 aromatic heterocycles. The molecule has 0 atom stereocenters. The quantitative estimate of drug-likeness (QED) is 0.0409. The summed E-state index contributed by atoms with van der Waals surface area (Å²) in [5, 5.41) is 26.8. The molecule has 3 rings (SSSR count). The first-order valence-electron chi connectivity index (χ1n) is 43.5. The Balaban J connectivity index is 0. The largest absolute Gasteiger partial charge is 0.481 e. The molecule has 0 amide bonds. The third-order valence-electron chi connectivity index (χ3n) is 21.2. The average Bonchev–Trinajstić information content (AvgIpc) is 0.788. The maximum atomic E-state index is 13.5. The fraction of sp³-hybridized carbons (Fsp3) is 0.966. The number of carboxylic acid groups (broad SMARTS) is 3. The van der Waals surface area contributed by atoms with Crippen LogP contribution in [0.5, 0.6) is 0 Å². The van der Waals surface area contributed by atoms with Gasteiger partial charge in [-0.15, -0.1) is 15.8 Å². The van der Waals surface area contributed by atoms with Crippen molar-refractivity contribution in [3.63, 3.8) is 0 Å². The van der Waals surface area contributed by atoms with Crippen LogP contribution in [-0.2, 0) is 18.9 Å². The van der Waals surface area contributed by atoms with E-state index in [1.54, 1.807) is 95.5 Å². The number of hydrogen-bond acceptors (Lipinski definition) is 4. The Morgan fingerprint density at radius 2 is 0.485 bits per heavy atom. The van der Waals surface area contributed by atoms with Crippen LogP contribution in [0.4, 0.5) is 0 Å². The standard InChI is InChI=1S/C24H51OP.C24H51P.C18H33P.C12H27P.C9H15O6P/c1-4-7-10-13-16-19-22-26(25,23-20-17-14-11-8-5-2)24-21-18-15-12-9-6-3;1-4-7-10-13-16-19-22-25(23-20-17-14-11-8-5-2)24-21-18-15-12-9-6-3;1-4-10-16(11-5-1)19(17-12-6-2-7-13-17)18-14-8-3-9-15-18;1-10(2,3)13(11(4,5)6)12(7,8)9;10-7(11)1-4-16(5-2-8(12)13)6-3-9(14)15/h4-24H2,1-3H3;4-24H2,1-3H3;16-18H,1-15H2;1-9H3;1-6H2,(H,10,11)(H,12,13)(H,14,15). The van der Waals surface area contributed by atoms with Gasteiger partial charge in [-0.3, -0.25) is 14.4 Å². The van der Waals surface area contributed by atoms with Gasteiger partial charge in [-0.1, -0.05) is 370 Å². The molecule has 12 heteroatoms. The minimum atomic E-state index is -1.89. The lowest BCUT2D eigenvalue weighted by atomic mass is 9.99. The highest BCUT2D eigenvalue weighted by molar-refractivity contribution is 7.64. The Morgan fingerprint density at radius 3 is 0.677 bits per heavy atom. The van der Waals surface area contributed by atoms with Crippen LogP contribution < -0.4 is 0 Å². The molecule has 0 bridgehead atoms. The first-order chi connectivity index (χ1) is 47.3. The second-order valence-corrected chi connectivity index (χ2v) is 50.7. The molecule has 0 aromatic rings. The lowest BCUT2D eigenvalue weighted by Gasteiger charge is -2.49. The number of carbonyl (C=O) groups is 3. The van der Waals surface area contributed by atoms with Crippen LogP contribution in [0, 0.1) is 0 Å². The zero-order chi connectivity index (χ0) is 74.3. The van der Waals surface area contributed by atoms with Crippen molar-refractivity contribution in [1.82, 2.24) is 0 Å². The van der Waals surface area contributed by atoms with Gasteiger partial charge in [-0.05, 0) is 146 Å². The zero-order valence-corrected chi connectivity index (χ0v) is 74.0. The van der Waals surface area contributed by atoms with Crippen molar-refractivity contribution in [3.8, 4) is 0 Å². The molecule has 3 N–H and O–H groups in total. The van der Waals surface area contributed by atoms with Crippen molar-refractivity contribution >= 4 is 56.7 Å². The lowest BCUT2D eigenvalue weighted by Crippen LogP contribution is -2.34. The number of unbranched alkanes of at least 4 members (excludes halogenated alkanes) is 30. The molecule has 0 spiro atoms. The first-order valence-corrected chi connectivity index (χ1v) is 52.5. The predicted octanol–water partition coefficient (Wildman–Crippen LogP) is 31.2. The number of rotatable bonds is 54. The normalized spacial score (nSPS) is 15.3. The Morgan fingerprint density at radius 1 is 0.293 bits per heavy atom. The monoisotopic (exact) mass is 1490 g/mol. The van der Waals surface area contributed by atoms with E-state index in [1.165, 1.54) is 267 Å². The van der Waals surface area contributed by atoms with Crippen molar-refractivity contribution in [2.75, 3.05) is 55.5 Å². The van der Waals surface area contributed by atoms with E-state index in [0.29, 0.717) is 49.8 Å². The molecule has 99 heavy (non-hydrogen) atoms. The fourth-order valence-corrected chi connectivity index (χ4v) is 35.4. The Bertz CT molecular complexity index is 1620. The van der Waals surface area contributed by atoms with Gasteiger partial charge >= 0.3 is 17.9 Å². The molecule has 7 nitrogen and oxygen atoms in total. The molecule has 0 aromatic carbocycles. The lowest BCUT2D eigenvalue weighted by molar-refractivity contribution is -0.137. The molecule has 0 heterocycles. The van der Waals surface area contributed by atoms with Crippen LogP contribution in [0.1, 0.15) is 451 Å². The smallest absolute Gasteiger partial charge is 0.303 e. The third kappa shape index (κ3) is 63.0. The summed E-state index contributed by atoms with van der Waals surface area (Å²) < 4.78 is 13.5. The van der Waals surface area contributed by atoms with Crippen molar-refractivity contribution in [2.45, 2.75) is 483 Å². The highest BCUT2D eigenvalue weighted by Gasteiger charge is 2.42. The van der Waals surface area contributed by atoms with E-state index in [1.807, 2.05) is 0 Å². The van der Waals surface area contributed by atoms with Gasteiger partial charge in [0.15, 0.2) is 0 Å². The summed E-state index contributed by atoms with van der Waals surface area (Å²) in [6, 6.07) is 0. The highest BCUT2D eigenvalue weighted by atomic mass is 31.2. The maximum absolute atomic E-state index is 13.5. The van der Waals surface area contributed by atoms with Crippen LogP contribution in [0.3, 0.4) is 0 Å². The summed E-state index contributed by atoms with van der Waals surface area (Å²) in [6.45, 7) is 35.2. The van der Waals surface area contributed by atoms with Gasteiger partial charge in [0.2, 0.25) is 0 Å². The van der Waals surface area contributed by atoms with Crippen molar-refractivity contribution in [3.05, 3.63) is 0 Å². The van der Waals surface area contributed by atoms with E-state index >= 15 is 0 Å². The molecule has 0 radical (unpaired) electrons. The molecule has 3 aliphatic rings. The minimum Gasteiger partial charge on any atom is -0.481 e. The molecular formula is C87H177O7P5. The summed E-state index contributed by atoms with van der Waals surface area (Å²) in [5.41, 5.74) is 3.57. The van der Waals surface area contributed by atoms with E-state index in [9.17, 15) is 18.9 Å². The predicted molar refractivity (Wildman–Crippen MR) is 456 cm³/mol. The molecule has 3 aliphatic carbocycles. The maximum Gasteiger partial charge on any atom is 0.303 e. The Labute approximate surface area is 625 Å². The summed E-state index contributed by atoms with van der Waals surface area (Å²) in [7, 11) is -1.92. The van der Waals surface area contributed by atoms with Crippen LogP contribution in [0.15, 0.2) is 0 Å². The summed E-state index contributed by atoms with van der Waals surface area (Å²) in [6.07, 6.45) is 82.9. The molecule has 0 aliphatic heterocycles. The number of hydrogen-bond donors (Lipinski definition) is 3. The Hall–Kier alpha value is 0.360. The second kappa shape index (κ2) is 67.7. The van der Waals surface area contributed by atoms with Gasteiger partial charge in [-0.25, -0.2) is 0 Å². The summed E-state index contributed by atoms with van der Waals surface area (Å²) in [5.74, 6) is -2.80. The molecular weight excluding hydrogens is 1310 g/mol. The average molecular weight is 1490 g/mol. The zero-order valence-electron chi connectivity index (χ0n) is 69.5.